The second-order valence-corrected chi connectivity index (χ2v) is 6.59. The van der Waals surface area contributed by atoms with E-state index in [0.29, 0.717) is 6.42 Å². The molecule has 1 saturated heterocycles. The van der Waals surface area contributed by atoms with Crippen LogP contribution in [0.15, 0.2) is 36.4 Å². The Morgan fingerprint density at radius 2 is 2.04 bits per heavy atom. The number of likely N-dealkylation sites (tertiary alicyclic amines) is 1. The van der Waals surface area contributed by atoms with Crippen LogP contribution in [0.5, 0.6) is 0 Å². The Labute approximate surface area is 148 Å². The van der Waals surface area contributed by atoms with Gasteiger partial charge in [0.25, 0.3) is 0 Å². The first-order valence-corrected chi connectivity index (χ1v) is 8.84. The third kappa shape index (κ3) is 4.35. The normalized spacial score (nSPS) is 17.4. The highest BCUT2D eigenvalue weighted by Crippen LogP contribution is 2.29. The lowest BCUT2D eigenvalue weighted by molar-refractivity contribution is -0.132. The van der Waals surface area contributed by atoms with Gasteiger partial charge in [0.15, 0.2) is 0 Å². The van der Waals surface area contributed by atoms with E-state index in [-0.39, 0.29) is 17.6 Å². The van der Waals surface area contributed by atoms with Crippen molar-refractivity contribution in [3.05, 3.63) is 53.6 Å². The molecule has 2 heterocycles. The van der Waals surface area contributed by atoms with Crippen LogP contribution in [0.3, 0.4) is 0 Å². The summed E-state index contributed by atoms with van der Waals surface area (Å²) in [5, 5.41) is 3.31. The van der Waals surface area contributed by atoms with Crippen LogP contribution < -0.4 is 5.32 Å². The maximum atomic E-state index is 13.1. The van der Waals surface area contributed by atoms with Gasteiger partial charge in [0, 0.05) is 48.2 Å². The van der Waals surface area contributed by atoms with Gasteiger partial charge < -0.3 is 10.2 Å². The number of halogens is 1. The van der Waals surface area contributed by atoms with Crippen LogP contribution in [0.1, 0.15) is 43.5 Å². The number of aryl methyl sites for hydroxylation is 1. The molecular weight excluding hydrogens is 317 g/mol. The maximum absolute atomic E-state index is 13.1. The summed E-state index contributed by atoms with van der Waals surface area (Å²) < 4.78 is 13.1. The van der Waals surface area contributed by atoms with E-state index in [4.69, 9.17) is 4.98 Å². The van der Waals surface area contributed by atoms with E-state index in [1.54, 1.807) is 12.1 Å². The summed E-state index contributed by atoms with van der Waals surface area (Å²) in [5.74, 6) is 0.222. The molecule has 1 aromatic carbocycles. The molecule has 1 aromatic heterocycles. The fourth-order valence-corrected chi connectivity index (χ4v) is 3.34. The first-order chi connectivity index (χ1) is 12.0. The summed E-state index contributed by atoms with van der Waals surface area (Å²) in [4.78, 5) is 18.7. The monoisotopic (exact) mass is 341 g/mol. The zero-order valence-corrected chi connectivity index (χ0v) is 14.8. The first kappa shape index (κ1) is 17.4. The number of hydrogen-bond donors (Lipinski definition) is 1. The van der Waals surface area contributed by atoms with E-state index in [1.165, 1.54) is 12.1 Å². The van der Waals surface area contributed by atoms with Crippen molar-refractivity contribution < 1.29 is 9.18 Å². The fraction of sp³-hybridized carbons (Fsp3) is 0.400. The Hall–Kier alpha value is -2.43. The zero-order chi connectivity index (χ0) is 17.8. The average Bonchev–Trinajstić information content (AvgIpc) is 2.62. The van der Waals surface area contributed by atoms with Gasteiger partial charge in [-0.05, 0) is 56.2 Å². The first-order valence-electron chi connectivity index (χ1n) is 8.84. The molecule has 4 nitrogen and oxygen atoms in total. The smallest absolute Gasteiger partial charge is 0.222 e. The highest BCUT2D eigenvalue weighted by Gasteiger charge is 2.25. The second kappa shape index (κ2) is 7.64. The number of carbonyl (C=O) groups is 1. The van der Waals surface area contributed by atoms with Gasteiger partial charge >= 0.3 is 0 Å². The molecule has 0 unspecified atom stereocenters. The van der Waals surface area contributed by atoms with Crippen molar-refractivity contribution in [1.82, 2.24) is 9.88 Å². The topological polar surface area (TPSA) is 45.2 Å². The van der Waals surface area contributed by atoms with E-state index in [0.717, 1.165) is 48.7 Å². The van der Waals surface area contributed by atoms with Crippen molar-refractivity contribution in [2.75, 3.05) is 18.4 Å². The molecule has 0 bridgehead atoms. The summed E-state index contributed by atoms with van der Waals surface area (Å²) in [5.41, 5.74) is 3.72. The van der Waals surface area contributed by atoms with Crippen LogP contribution in [-0.4, -0.2) is 28.9 Å². The van der Waals surface area contributed by atoms with E-state index >= 15 is 0 Å². The number of anilines is 2. The molecule has 0 radical (unpaired) electrons. The van der Waals surface area contributed by atoms with Gasteiger partial charge in [-0.25, -0.2) is 4.39 Å². The molecule has 1 fully saturated rings. The molecule has 132 valence electrons. The zero-order valence-electron chi connectivity index (χ0n) is 14.8. The highest BCUT2D eigenvalue weighted by atomic mass is 19.1. The van der Waals surface area contributed by atoms with Gasteiger partial charge in [0.1, 0.15) is 5.82 Å². The Morgan fingerprint density at radius 1 is 1.28 bits per heavy atom. The van der Waals surface area contributed by atoms with Gasteiger partial charge in [0.05, 0.1) is 0 Å². The average molecular weight is 341 g/mol. The van der Waals surface area contributed by atoms with Crippen molar-refractivity contribution in [1.29, 1.82) is 0 Å². The van der Waals surface area contributed by atoms with Crippen LogP contribution in [0.25, 0.3) is 0 Å². The molecule has 0 aliphatic carbocycles. The minimum atomic E-state index is -0.250. The number of benzene rings is 1. The Balaban J connectivity index is 1.79. The number of pyridine rings is 1. The van der Waals surface area contributed by atoms with Gasteiger partial charge in [-0.3, -0.25) is 9.78 Å². The Morgan fingerprint density at radius 3 is 2.76 bits per heavy atom. The number of nitrogens with zero attached hydrogens (tertiary/aromatic N) is 2. The van der Waals surface area contributed by atoms with Crippen LogP contribution in [0, 0.1) is 12.7 Å². The number of piperidine rings is 1. The van der Waals surface area contributed by atoms with Crippen molar-refractivity contribution in [3.63, 3.8) is 0 Å². The Kier molecular flexibility index (Phi) is 5.31. The predicted molar refractivity (Wildman–Crippen MR) is 97.5 cm³/mol. The third-order valence-corrected chi connectivity index (χ3v) is 4.60. The predicted octanol–water partition coefficient (Wildman–Crippen LogP) is 4.39. The minimum absolute atomic E-state index is 0.210. The van der Waals surface area contributed by atoms with Crippen molar-refractivity contribution >= 4 is 17.3 Å². The molecule has 2 aromatic rings. The minimum Gasteiger partial charge on any atom is -0.355 e. The summed E-state index contributed by atoms with van der Waals surface area (Å²) in [6, 6.07) is 10.3. The van der Waals surface area contributed by atoms with E-state index in [2.05, 4.69) is 5.32 Å². The van der Waals surface area contributed by atoms with Gasteiger partial charge in [-0.1, -0.05) is 6.92 Å². The molecule has 0 spiro atoms. The molecule has 0 saturated carbocycles. The summed E-state index contributed by atoms with van der Waals surface area (Å²) in [7, 11) is 0. The van der Waals surface area contributed by atoms with E-state index in [1.807, 2.05) is 30.9 Å². The van der Waals surface area contributed by atoms with Crippen molar-refractivity contribution in [2.24, 2.45) is 0 Å². The summed E-state index contributed by atoms with van der Waals surface area (Å²) >= 11 is 0. The lowest BCUT2D eigenvalue weighted by Crippen LogP contribution is -2.38. The van der Waals surface area contributed by atoms with Crippen LogP contribution in [-0.2, 0) is 4.79 Å². The Bertz CT molecular complexity index is 745. The molecule has 1 aliphatic rings. The van der Waals surface area contributed by atoms with E-state index < -0.39 is 0 Å². The molecule has 1 aliphatic heterocycles. The number of carbonyl (C=O) groups excluding carboxylic acids is 1. The second-order valence-electron chi connectivity index (χ2n) is 6.59. The molecule has 1 N–H and O–H groups in total. The lowest BCUT2D eigenvalue weighted by atomic mass is 9.93. The maximum Gasteiger partial charge on any atom is 0.222 e. The van der Waals surface area contributed by atoms with Gasteiger partial charge in [-0.2, -0.15) is 0 Å². The summed E-state index contributed by atoms with van der Waals surface area (Å²) in [6.45, 7) is 5.45. The SMILES string of the molecule is CCC(=O)N1CCC[C@@H](c2cc(Nc3ccc(F)cc3)cc(C)n2)C1. The van der Waals surface area contributed by atoms with Crippen LogP contribution >= 0.6 is 0 Å². The fourth-order valence-electron chi connectivity index (χ4n) is 3.34. The molecule has 5 heteroatoms. The summed E-state index contributed by atoms with van der Waals surface area (Å²) in [6.07, 6.45) is 2.60. The number of nitrogens with one attached hydrogen (secondary N) is 1. The largest absolute Gasteiger partial charge is 0.355 e. The van der Waals surface area contributed by atoms with Crippen molar-refractivity contribution in [2.45, 2.75) is 39.0 Å². The molecule has 3 rings (SSSR count). The standard InChI is InChI=1S/C20H24FN3O/c1-3-20(25)24-10-4-5-15(13-24)19-12-18(11-14(2)22-19)23-17-8-6-16(21)7-9-17/h6-9,11-12,15H,3-5,10,13H2,1-2H3,(H,22,23)/t15-/m1/s1. The van der Waals surface area contributed by atoms with E-state index in [9.17, 15) is 9.18 Å². The van der Waals surface area contributed by atoms with Gasteiger partial charge in [-0.15, -0.1) is 0 Å². The number of hydrogen-bond acceptors (Lipinski definition) is 3. The number of amides is 1. The van der Waals surface area contributed by atoms with Crippen LogP contribution in [0.4, 0.5) is 15.8 Å². The van der Waals surface area contributed by atoms with Crippen molar-refractivity contribution in [3.8, 4) is 0 Å². The molecular formula is C20H24FN3O. The molecule has 1 amide bonds. The third-order valence-electron chi connectivity index (χ3n) is 4.60. The van der Waals surface area contributed by atoms with Gasteiger partial charge in [0.2, 0.25) is 5.91 Å². The number of rotatable bonds is 4. The molecule has 25 heavy (non-hydrogen) atoms. The quantitative estimate of drug-likeness (QED) is 0.897. The highest BCUT2D eigenvalue weighted by molar-refractivity contribution is 5.76. The van der Waals surface area contributed by atoms with Crippen LogP contribution in [0.2, 0.25) is 0 Å². The number of aromatic nitrogens is 1. The molecule has 1 atom stereocenters. The lowest BCUT2D eigenvalue weighted by Gasteiger charge is -2.32.